The fraction of sp³-hybridized carbons (Fsp3) is 1.00. The summed E-state index contributed by atoms with van der Waals surface area (Å²) in [5.41, 5.74) is 0.409. The SMILES string of the molecule is BC1CCCCCC2C(CCC3(COC3)N2C(C)C)C1. The number of nitrogens with zero attached hydrogens (tertiary/aromatic N) is 1. The fourth-order valence-corrected chi connectivity index (χ4v) is 5.22. The van der Waals surface area contributed by atoms with Gasteiger partial charge in [0.05, 0.1) is 18.8 Å². The molecule has 1 aliphatic carbocycles. The number of hydrogen-bond acceptors (Lipinski definition) is 2. The third kappa shape index (κ3) is 2.68. The maximum absolute atomic E-state index is 5.64. The number of fused-ring (bicyclic) bond motifs is 1. The van der Waals surface area contributed by atoms with Crippen molar-refractivity contribution in [3.05, 3.63) is 0 Å². The Morgan fingerprint density at radius 3 is 2.50 bits per heavy atom. The number of rotatable bonds is 1. The minimum Gasteiger partial charge on any atom is -0.377 e. The molecule has 20 heavy (non-hydrogen) atoms. The van der Waals surface area contributed by atoms with Gasteiger partial charge in [-0.1, -0.05) is 37.9 Å². The van der Waals surface area contributed by atoms with Crippen molar-refractivity contribution in [1.82, 2.24) is 4.90 Å². The highest BCUT2D eigenvalue weighted by atomic mass is 16.5. The second-order valence-electron chi connectivity index (χ2n) is 8.06. The quantitative estimate of drug-likeness (QED) is 0.683. The maximum Gasteiger partial charge on any atom is 0.105 e. The Bertz CT molecular complexity index is 329. The summed E-state index contributed by atoms with van der Waals surface area (Å²) >= 11 is 0. The van der Waals surface area contributed by atoms with Gasteiger partial charge in [-0.2, -0.15) is 0 Å². The standard InChI is InChI=1S/C17H32BNO/c1-13(2)19-16-7-5-3-4-6-15(18)10-14(16)8-9-17(19)11-20-12-17/h13-16H,3-12,18H2,1-2H3. The Labute approximate surface area is 126 Å². The first-order valence-corrected chi connectivity index (χ1v) is 8.98. The Morgan fingerprint density at radius 1 is 1.10 bits per heavy atom. The lowest BCUT2D eigenvalue weighted by molar-refractivity contribution is -0.195. The number of piperidine rings is 1. The molecule has 1 spiro atoms. The highest BCUT2D eigenvalue weighted by Crippen LogP contribution is 2.46. The molecule has 3 rings (SSSR count). The van der Waals surface area contributed by atoms with Crippen LogP contribution in [0.3, 0.4) is 0 Å². The molecule has 0 bridgehead atoms. The Hall–Kier alpha value is -0.0151. The van der Waals surface area contributed by atoms with Crippen LogP contribution in [-0.4, -0.2) is 43.6 Å². The van der Waals surface area contributed by atoms with E-state index in [2.05, 4.69) is 26.6 Å². The molecule has 0 radical (unpaired) electrons. The summed E-state index contributed by atoms with van der Waals surface area (Å²) in [5, 5.41) is 0. The third-order valence-electron chi connectivity index (χ3n) is 6.13. The molecule has 2 heterocycles. The van der Waals surface area contributed by atoms with E-state index in [0.717, 1.165) is 31.0 Å². The summed E-state index contributed by atoms with van der Waals surface area (Å²) < 4.78 is 5.64. The smallest absolute Gasteiger partial charge is 0.105 e. The van der Waals surface area contributed by atoms with E-state index in [1.165, 1.54) is 51.4 Å². The van der Waals surface area contributed by atoms with E-state index in [1.807, 2.05) is 0 Å². The van der Waals surface area contributed by atoms with Gasteiger partial charge in [0.2, 0.25) is 0 Å². The molecule has 3 unspecified atom stereocenters. The van der Waals surface area contributed by atoms with Crippen molar-refractivity contribution in [2.45, 2.75) is 88.7 Å². The molecule has 3 heteroatoms. The average Bonchev–Trinajstić information content (AvgIpc) is 2.45. The molecule has 1 saturated carbocycles. The molecule has 3 atom stereocenters. The lowest BCUT2D eigenvalue weighted by Crippen LogP contribution is -2.70. The molecular formula is C17H32BNO. The van der Waals surface area contributed by atoms with E-state index < -0.39 is 0 Å². The molecule has 2 nitrogen and oxygen atoms in total. The van der Waals surface area contributed by atoms with E-state index in [-0.39, 0.29) is 0 Å². The largest absolute Gasteiger partial charge is 0.377 e. The lowest BCUT2D eigenvalue weighted by Gasteiger charge is -2.60. The number of hydrogen-bond donors (Lipinski definition) is 0. The van der Waals surface area contributed by atoms with Crippen LogP contribution in [0.25, 0.3) is 0 Å². The van der Waals surface area contributed by atoms with E-state index >= 15 is 0 Å². The lowest BCUT2D eigenvalue weighted by atomic mass is 9.68. The molecule has 0 aromatic carbocycles. The highest BCUT2D eigenvalue weighted by molar-refractivity contribution is 6.11. The topological polar surface area (TPSA) is 12.5 Å². The zero-order chi connectivity index (χ0) is 14.2. The fourth-order valence-electron chi connectivity index (χ4n) is 5.22. The van der Waals surface area contributed by atoms with Crippen molar-refractivity contribution in [3.8, 4) is 0 Å². The van der Waals surface area contributed by atoms with Gasteiger partial charge in [0, 0.05) is 12.1 Å². The van der Waals surface area contributed by atoms with Crippen molar-refractivity contribution in [3.63, 3.8) is 0 Å². The van der Waals surface area contributed by atoms with E-state index in [1.54, 1.807) is 0 Å². The van der Waals surface area contributed by atoms with Crippen molar-refractivity contribution < 1.29 is 4.74 Å². The van der Waals surface area contributed by atoms with Gasteiger partial charge in [0.25, 0.3) is 0 Å². The van der Waals surface area contributed by atoms with Gasteiger partial charge < -0.3 is 4.74 Å². The van der Waals surface area contributed by atoms with Gasteiger partial charge in [-0.3, -0.25) is 4.90 Å². The minimum absolute atomic E-state index is 0.409. The van der Waals surface area contributed by atoms with E-state index in [4.69, 9.17) is 4.74 Å². The summed E-state index contributed by atoms with van der Waals surface area (Å²) in [7, 11) is 2.49. The average molecular weight is 277 g/mol. The van der Waals surface area contributed by atoms with Crippen molar-refractivity contribution in [2.24, 2.45) is 5.92 Å². The molecule has 114 valence electrons. The number of ether oxygens (including phenoxy) is 1. The summed E-state index contributed by atoms with van der Waals surface area (Å²) in [6.45, 7) is 6.78. The van der Waals surface area contributed by atoms with Crippen LogP contribution in [0, 0.1) is 5.92 Å². The van der Waals surface area contributed by atoms with Crippen molar-refractivity contribution >= 4 is 7.85 Å². The molecule has 3 fully saturated rings. The maximum atomic E-state index is 5.64. The van der Waals surface area contributed by atoms with Gasteiger partial charge in [0.1, 0.15) is 7.85 Å². The first-order valence-electron chi connectivity index (χ1n) is 8.98. The summed E-state index contributed by atoms with van der Waals surface area (Å²) in [6, 6.07) is 1.50. The molecular weight excluding hydrogens is 245 g/mol. The molecule has 2 saturated heterocycles. The van der Waals surface area contributed by atoms with Crippen molar-refractivity contribution in [2.75, 3.05) is 13.2 Å². The van der Waals surface area contributed by atoms with E-state index in [0.29, 0.717) is 11.6 Å². The molecule has 0 amide bonds. The second-order valence-corrected chi connectivity index (χ2v) is 8.06. The van der Waals surface area contributed by atoms with Crippen LogP contribution in [0.2, 0.25) is 5.82 Å². The van der Waals surface area contributed by atoms with Gasteiger partial charge in [-0.15, -0.1) is 0 Å². The second kappa shape index (κ2) is 6.00. The number of likely N-dealkylation sites (tertiary alicyclic amines) is 1. The predicted octanol–water partition coefficient (Wildman–Crippen LogP) is 3.02. The summed E-state index contributed by atoms with van der Waals surface area (Å²) in [6.07, 6.45) is 11.5. The van der Waals surface area contributed by atoms with Crippen LogP contribution in [0.5, 0.6) is 0 Å². The molecule has 3 aliphatic rings. The van der Waals surface area contributed by atoms with Crippen LogP contribution in [-0.2, 0) is 4.74 Å². The Balaban J connectivity index is 1.81. The van der Waals surface area contributed by atoms with Crippen LogP contribution in [0.15, 0.2) is 0 Å². The Morgan fingerprint density at radius 2 is 1.85 bits per heavy atom. The van der Waals surface area contributed by atoms with Gasteiger partial charge in [0.15, 0.2) is 0 Å². The van der Waals surface area contributed by atoms with Crippen LogP contribution in [0.1, 0.15) is 65.2 Å². The van der Waals surface area contributed by atoms with Gasteiger partial charge in [-0.25, -0.2) is 0 Å². The van der Waals surface area contributed by atoms with Gasteiger partial charge in [-0.05, 0) is 39.0 Å². The molecule has 0 aromatic rings. The normalized spacial score (nSPS) is 38.6. The third-order valence-corrected chi connectivity index (χ3v) is 6.13. The minimum atomic E-state index is 0.409. The Kier molecular flexibility index (Phi) is 4.47. The van der Waals surface area contributed by atoms with E-state index in [9.17, 15) is 0 Å². The molecule has 0 N–H and O–H groups in total. The molecule has 0 aromatic heterocycles. The summed E-state index contributed by atoms with van der Waals surface area (Å²) in [4.78, 5) is 2.89. The van der Waals surface area contributed by atoms with Crippen LogP contribution >= 0.6 is 0 Å². The van der Waals surface area contributed by atoms with Crippen molar-refractivity contribution in [1.29, 1.82) is 0 Å². The summed E-state index contributed by atoms with van der Waals surface area (Å²) in [5.74, 6) is 1.87. The molecule has 2 aliphatic heterocycles. The highest BCUT2D eigenvalue weighted by Gasteiger charge is 2.52. The predicted molar refractivity (Wildman–Crippen MR) is 87.0 cm³/mol. The van der Waals surface area contributed by atoms with Crippen LogP contribution < -0.4 is 0 Å². The van der Waals surface area contributed by atoms with Crippen LogP contribution in [0.4, 0.5) is 0 Å². The van der Waals surface area contributed by atoms with Gasteiger partial charge >= 0.3 is 0 Å². The first-order chi connectivity index (χ1) is 9.62. The zero-order valence-electron chi connectivity index (χ0n) is 13.7. The monoisotopic (exact) mass is 277 g/mol. The first kappa shape index (κ1) is 14.9. The zero-order valence-corrected chi connectivity index (χ0v) is 13.7.